The van der Waals surface area contributed by atoms with Crippen LogP contribution in [0.2, 0.25) is 0 Å². The molecule has 2 atom stereocenters. The van der Waals surface area contributed by atoms with Crippen molar-refractivity contribution in [3.63, 3.8) is 0 Å². The molecule has 3 N–H and O–H groups in total. The zero-order valence-electron chi connectivity index (χ0n) is 15.7. The van der Waals surface area contributed by atoms with Gasteiger partial charge in [-0.1, -0.05) is 26.0 Å². The van der Waals surface area contributed by atoms with Crippen LogP contribution in [0.4, 0.5) is 11.4 Å². The highest BCUT2D eigenvalue weighted by Gasteiger charge is 2.36. The first-order chi connectivity index (χ1) is 13.1. The van der Waals surface area contributed by atoms with E-state index in [1.807, 2.05) is 13.8 Å². The maximum Gasteiger partial charge on any atom is 0.261 e. The van der Waals surface area contributed by atoms with Gasteiger partial charge in [0.15, 0.2) is 9.84 Å². The smallest absolute Gasteiger partial charge is 0.261 e. The molecule has 2 aromatic carbocycles. The third-order valence-electron chi connectivity index (χ3n) is 4.67. The SMILES string of the molecule is CC(C)c1ccc(S(=O)(=O)Nc2ccc(N[C@@H]3CS(=O)(=O)C[C@@H]3O)cc2)cc1. The first-order valence-corrected chi connectivity index (χ1v) is 12.2. The zero-order chi connectivity index (χ0) is 20.5. The molecule has 0 radical (unpaired) electrons. The lowest BCUT2D eigenvalue weighted by molar-refractivity contribution is 0.190. The van der Waals surface area contributed by atoms with Crippen molar-refractivity contribution in [3.8, 4) is 0 Å². The maximum absolute atomic E-state index is 12.5. The predicted molar refractivity (Wildman–Crippen MR) is 110 cm³/mol. The molecule has 0 aromatic heterocycles. The van der Waals surface area contributed by atoms with E-state index in [-0.39, 0.29) is 16.4 Å². The number of aliphatic hydroxyl groups excluding tert-OH is 1. The molecule has 3 rings (SSSR count). The van der Waals surface area contributed by atoms with Crippen LogP contribution in [0.3, 0.4) is 0 Å². The van der Waals surface area contributed by atoms with Crippen molar-refractivity contribution in [2.45, 2.75) is 36.8 Å². The zero-order valence-corrected chi connectivity index (χ0v) is 17.3. The Labute approximate surface area is 165 Å². The Bertz CT molecular complexity index is 1030. The monoisotopic (exact) mass is 424 g/mol. The first-order valence-electron chi connectivity index (χ1n) is 8.94. The minimum atomic E-state index is -3.70. The van der Waals surface area contributed by atoms with Crippen LogP contribution in [-0.2, 0) is 19.9 Å². The molecule has 0 saturated carbocycles. The van der Waals surface area contributed by atoms with Crippen LogP contribution in [0.5, 0.6) is 0 Å². The van der Waals surface area contributed by atoms with Gasteiger partial charge in [0.1, 0.15) is 0 Å². The molecule has 7 nitrogen and oxygen atoms in total. The largest absolute Gasteiger partial charge is 0.390 e. The maximum atomic E-state index is 12.5. The van der Waals surface area contributed by atoms with Gasteiger partial charge < -0.3 is 10.4 Å². The number of anilines is 2. The lowest BCUT2D eigenvalue weighted by Gasteiger charge is -2.16. The van der Waals surface area contributed by atoms with E-state index < -0.39 is 32.0 Å². The van der Waals surface area contributed by atoms with E-state index in [4.69, 9.17) is 0 Å². The van der Waals surface area contributed by atoms with Crippen molar-refractivity contribution in [1.29, 1.82) is 0 Å². The second-order valence-electron chi connectivity index (χ2n) is 7.30. The summed E-state index contributed by atoms with van der Waals surface area (Å²) >= 11 is 0. The first kappa shape index (κ1) is 20.6. The number of aliphatic hydroxyl groups is 1. The minimum Gasteiger partial charge on any atom is -0.390 e. The molecule has 0 unspecified atom stereocenters. The quantitative estimate of drug-likeness (QED) is 0.655. The second kappa shape index (κ2) is 7.73. The Kier molecular flexibility index (Phi) is 5.69. The third kappa shape index (κ3) is 4.84. The number of nitrogens with one attached hydrogen (secondary N) is 2. The molecule has 152 valence electrons. The van der Waals surface area contributed by atoms with Gasteiger partial charge in [-0.15, -0.1) is 0 Å². The van der Waals surface area contributed by atoms with E-state index in [2.05, 4.69) is 10.0 Å². The Balaban J connectivity index is 1.68. The Morgan fingerprint density at radius 2 is 1.54 bits per heavy atom. The van der Waals surface area contributed by atoms with Crippen molar-refractivity contribution in [3.05, 3.63) is 54.1 Å². The highest BCUT2D eigenvalue weighted by molar-refractivity contribution is 7.92. The lowest BCUT2D eigenvalue weighted by Crippen LogP contribution is -2.31. The van der Waals surface area contributed by atoms with E-state index >= 15 is 0 Å². The van der Waals surface area contributed by atoms with Crippen molar-refractivity contribution in [1.82, 2.24) is 0 Å². The summed E-state index contributed by atoms with van der Waals surface area (Å²) in [5.74, 6) is -0.0642. The molecule has 1 saturated heterocycles. The number of benzene rings is 2. The standard InChI is InChI=1S/C19H24N2O5S2/c1-13(2)14-3-9-17(10-4-14)28(25,26)21-16-7-5-15(6-8-16)20-18-11-27(23,24)12-19(18)22/h3-10,13,18-22H,11-12H2,1-2H3/t18-,19+/m1/s1. The van der Waals surface area contributed by atoms with Gasteiger partial charge in [0.2, 0.25) is 0 Å². The van der Waals surface area contributed by atoms with Crippen LogP contribution in [0.25, 0.3) is 0 Å². The van der Waals surface area contributed by atoms with Crippen LogP contribution >= 0.6 is 0 Å². The summed E-state index contributed by atoms with van der Waals surface area (Å²) < 4.78 is 50.7. The van der Waals surface area contributed by atoms with E-state index in [0.717, 1.165) is 5.56 Å². The number of hydrogen-bond donors (Lipinski definition) is 3. The van der Waals surface area contributed by atoms with Crippen molar-refractivity contribution < 1.29 is 21.9 Å². The average Bonchev–Trinajstić information content (AvgIpc) is 2.88. The summed E-state index contributed by atoms with van der Waals surface area (Å²) in [6.07, 6.45) is -0.961. The van der Waals surface area contributed by atoms with E-state index in [1.54, 1.807) is 48.5 Å². The molecule has 0 amide bonds. The summed E-state index contributed by atoms with van der Waals surface area (Å²) in [5, 5.41) is 12.8. The van der Waals surface area contributed by atoms with Crippen LogP contribution in [0.1, 0.15) is 25.3 Å². The van der Waals surface area contributed by atoms with Gasteiger partial charge in [-0.05, 0) is 47.9 Å². The molecule has 28 heavy (non-hydrogen) atoms. The normalized spacial score (nSPS) is 21.6. The van der Waals surface area contributed by atoms with Crippen molar-refractivity contribution >= 4 is 31.2 Å². The highest BCUT2D eigenvalue weighted by atomic mass is 32.2. The highest BCUT2D eigenvalue weighted by Crippen LogP contribution is 2.23. The minimum absolute atomic E-state index is 0.130. The lowest BCUT2D eigenvalue weighted by atomic mass is 10.0. The van der Waals surface area contributed by atoms with Gasteiger partial charge in [0, 0.05) is 11.4 Å². The number of sulfonamides is 1. The fraction of sp³-hybridized carbons (Fsp3) is 0.368. The molecule has 2 aromatic rings. The van der Waals surface area contributed by atoms with Crippen LogP contribution in [0, 0.1) is 0 Å². The summed E-state index contributed by atoms with van der Waals surface area (Å²) in [4.78, 5) is 0.179. The van der Waals surface area contributed by atoms with E-state index in [1.165, 1.54) is 0 Å². The molecular weight excluding hydrogens is 400 g/mol. The van der Waals surface area contributed by atoms with Crippen LogP contribution in [-0.4, -0.2) is 45.6 Å². The molecule has 0 aliphatic carbocycles. The van der Waals surface area contributed by atoms with Gasteiger partial charge in [-0.2, -0.15) is 0 Å². The molecular formula is C19H24N2O5S2. The summed E-state index contributed by atoms with van der Waals surface area (Å²) in [6.45, 7) is 4.08. The molecule has 1 aliphatic rings. The third-order valence-corrected chi connectivity index (χ3v) is 7.78. The number of sulfone groups is 1. The van der Waals surface area contributed by atoms with Gasteiger partial charge in [-0.3, -0.25) is 4.72 Å². The summed E-state index contributed by atoms with van der Waals surface area (Å²) in [5.41, 5.74) is 2.05. The molecule has 9 heteroatoms. The molecule has 1 aliphatic heterocycles. The molecule has 1 fully saturated rings. The number of hydrogen-bond acceptors (Lipinski definition) is 6. The Morgan fingerprint density at radius 3 is 2.04 bits per heavy atom. The molecule has 0 bridgehead atoms. The van der Waals surface area contributed by atoms with Gasteiger partial charge >= 0.3 is 0 Å². The number of rotatable bonds is 6. The molecule has 1 heterocycles. The topological polar surface area (TPSA) is 113 Å². The summed E-state index contributed by atoms with van der Waals surface area (Å²) in [7, 11) is -6.95. The Hall–Kier alpha value is -2.10. The van der Waals surface area contributed by atoms with Crippen molar-refractivity contribution in [2.24, 2.45) is 0 Å². The fourth-order valence-electron chi connectivity index (χ4n) is 3.06. The molecule has 0 spiro atoms. The summed E-state index contributed by atoms with van der Waals surface area (Å²) in [6, 6.07) is 12.6. The van der Waals surface area contributed by atoms with E-state index in [9.17, 15) is 21.9 Å². The fourth-order valence-corrected chi connectivity index (χ4v) is 5.86. The van der Waals surface area contributed by atoms with E-state index in [0.29, 0.717) is 17.3 Å². The van der Waals surface area contributed by atoms with Crippen LogP contribution < -0.4 is 10.0 Å². The van der Waals surface area contributed by atoms with Gasteiger partial charge in [0.05, 0.1) is 28.5 Å². The van der Waals surface area contributed by atoms with Gasteiger partial charge in [0.25, 0.3) is 10.0 Å². The van der Waals surface area contributed by atoms with Gasteiger partial charge in [-0.25, -0.2) is 16.8 Å². The van der Waals surface area contributed by atoms with Crippen LogP contribution in [0.15, 0.2) is 53.4 Å². The predicted octanol–water partition coefficient (Wildman–Crippen LogP) is 2.18. The second-order valence-corrected chi connectivity index (χ2v) is 11.1. The van der Waals surface area contributed by atoms with Crippen molar-refractivity contribution in [2.75, 3.05) is 21.5 Å². The average molecular weight is 425 g/mol. The Morgan fingerprint density at radius 1 is 0.964 bits per heavy atom.